The molecule has 2 fully saturated rings. The number of nitrogens with zero attached hydrogens (tertiary/aromatic N) is 8. The maximum absolute atomic E-state index is 12.7. The number of carbonyl (C=O) groups excluding carboxylic acids is 4. The molecule has 0 bridgehead atoms. The zero-order chi connectivity index (χ0) is 54.1. The highest BCUT2D eigenvalue weighted by atomic mass is 35.5. The SMILES string of the molecule is CC(=O)CN1CCN(CC(C)=O)CCN(C[C@@H](NC(=O)OC(C)(C)C)C(=O)O)CCN(CC(=O)OC(C)(C)C)CC1.Cl.N[C@H](CN1CCN(CC(=O)O)CCN(CC(=O)O)CCN(CC(=O)O)CC1)C(=O)O. The van der Waals surface area contributed by atoms with Gasteiger partial charge in [0.25, 0.3) is 0 Å². The number of Topliss-reactive ketones (excluding diaryl/α,β-unsaturated/α-hetero) is 2. The van der Waals surface area contributed by atoms with Crippen molar-refractivity contribution >= 4 is 65.9 Å². The van der Waals surface area contributed by atoms with Crippen molar-refractivity contribution in [2.24, 2.45) is 5.73 Å². The van der Waals surface area contributed by atoms with Crippen LogP contribution in [0.3, 0.4) is 0 Å². The number of nitrogens with one attached hydrogen (secondary N) is 1. The minimum absolute atomic E-state index is 0. The minimum atomic E-state index is -1.23. The fourth-order valence-corrected chi connectivity index (χ4v) is 7.48. The Morgan fingerprint density at radius 3 is 0.986 bits per heavy atom. The van der Waals surface area contributed by atoms with Gasteiger partial charge in [0.15, 0.2) is 0 Å². The topological polar surface area (TPSA) is 337 Å². The lowest BCUT2D eigenvalue weighted by atomic mass is 10.2. The van der Waals surface area contributed by atoms with E-state index in [-0.39, 0.29) is 82.3 Å². The second-order valence-electron chi connectivity index (χ2n) is 19.9. The van der Waals surface area contributed by atoms with Crippen molar-refractivity contribution in [1.29, 1.82) is 0 Å². The van der Waals surface area contributed by atoms with Crippen molar-refractivity contribution in [1.82, 2.24) is 44.5 Å². The predicted octanol–water partition coefficient (Wildman–Crippen LogP) is -2.00. The van der Waals surface area contributed by atoms with Crippen LogP contribution in [0.5, 0.6) is 0 Å². The average molecular weight is 1060 g/mol. The van der Waals surface area contributed by atoms with E-state index in [1.54, 1.807) is 61.1 Å². The highest BCUT2D eigenvalue weighted by Gasteiger charge is 2.29. The van der Waals surface area contributed by atoms with Crippen molar-refractivity contribution < 1.29 is 78.2 Å². The maximum Gasteiger partial charge on any atom is 0.408 e. The fourth-order valence-electron chi connectivity index (χ4n) is 7.48. The molecule has 8 N–H and O–H groups in total. The molecular formula is C45H83ClN10O16. The number of aliphatic carboxylic acids is 5. The number of hydrogen-bond donors (Lipinski definition) is 7. The fraction of sp³-hybridized carbons (Fsp3) is 0.800. The number of ketones is 2. The molecule has 2 atom stereocenters. The molecule has 0 aromatic heterocycles. The Balaban J connectivity index is 0.00000145. The van der Waals surface area contributed by atoms with Crippen LogP contribution in [0.1, 0.15) is 55.4 Å². The van der Waals surface area contributed by atoms with Crippen LogP contribution in [0.25, 0.3) is 0 Å². The molecule has 26 nitrogen and oxygen atoms in total. The van der Waals surface area contributed by atoms with Crippen LogP contribution in [-0.4, -0.2) is 299 Å². The van der Waals surface area contributed by atoms with E-state index in [2.05, 4.69) is 5.32 Å². The number of nitrogens with two attached hydrogens (primary N) is 1. The first-order chi connectivity index (χ1) is 32.9. The van der Waals surface area contributed by atoms with Crippen molar-refractivity contribution in [3.8, 4) is 0 Å². The second kappa shape index (κ2) is 34.0. The number of carbonyl (C=O) groups is 9. The summed E-state index contributed by atoms with van der Waals surface area (Å²) in [5.41, 5.74) is 4.21. The molecule has 27 heteroatoms. The van der Waals surface area contributed by atoms with Gasteiger partial charge in [-0.25, -0.2) is 9.59 Å². The van der Waals surface area contributed by atoms with Gasteiger partial charge in [0.05, 0.1) is 39.3 Å². The van der Waals surface area contributed by atoms with E-state index in [1.165, 1.54) is 13.8 Å². The second-order valence-corrected chi connectivity index (χ2v) is 19.9. The molecular weight excluding hydrogens is 972 g/mol. The standard InChI is InChI=1S/C28H51N5O8.C17H31N5O8.ClH/c1-21(34)17-30-9-10-31(18-22(2)35)12-15-33(20-24(36)40-27(3,4)5)16-14-32(13-11-30)19-23(25(37)38)29-26(39)41-28(6,7)8;18-13(17(29)30)9-19-1-3-20(10-14(23)24)5-7-22(12-16(27)28)8-6-21(4-2-19)11-15(25)26;/h23H,9-20H2,1-8H3,(H,29,39)(H,37,38);13H,1-12,18H2,(H,23,24)(H,25,26)(H,27,28)(H,29,30);1H/t23-;13-;/m11./s1. The van der Waals surface area contributed by atoms with E-state index >= 15 is 0 Å². The summed E-state index contributed by atoms with van der Waals surface area (Å²) in [5.74, 6) is -5.77. The first-order valence-corrected chi connectivity index (χ1v) is 23.7. The van der Waals surface area contributed by atoms with Gasteiger partial charge in [-0.3, -0.25) is 72.8 Å². The molecule has 0 radical (unpaired) electrons. The van der Waals surface area contributed by atoms with E-state index in [1.807, 2.05) is 19.6 Å². The third-order valence-corrected chi connectivity index (χ3v) is 10.8. The molecule has 72 heavy (non-hydrogen) atoms. The van der Waals surface area contributed by atoms with Crippen molar-refractivity contribution in [2.75, 3.05) is 157 Å². The first-order valence-electron chi connectivity index (χ1n) is 23.7. The smallest absolute Gasteiger partial charge is 0.408 e. The Bertz CT molecular complexity index is 1720. The number of ether oxygens (including phenoxy) is 2. The average Bonchev–Trinajstić information content (AvgIpc) is 3.20. The Kier molecular flexibility index (Phi) is 31.8. The summed E-state index contributed by atoms with van der Waals surface area (Å²) in [4.78, 5) is 120. The lowest BCUT2D eigenvalue weighted by Crippen LogP contribution is -2.53. The first kappa shape index (κ1) is 67.4. The number of esters is 1. The van der Waals surface area contributed by atoms with Crippen LogP contribution in [0.15, 0.2) is 0 Å². The van der Waals surface area contributed by atoms with Crippen molar-refractivity contribution in [3.63, 3.8) is 0 Å². The van der Waals surface area contributed by atoms with Crippen molar-refractivity contribution in [3.05, 3.63) is 0 Å². The number of amides is 1. The number of alkyl carbamates (subject to hydrolysis) is 1. The number of hydrogen-bond acceptors (Lipinski definition) is 20. The Morgan fingerprint density at radius 1 is 0.444 bits per heavy atom. The Hall–Kier alpha value is -4.64. The lowest BCUT2D eigenvalue weighted by Gasteiger charge is -2.34. The Labute approximate surface area is 429 Å². The normalized spacial score (nSPS) is 18.8. The predicted molar refractivity (Wildman–Crippen MR) is 265 cm³/mol. The van der Waals surface area contributed by atoms with Crippen LogP contribution in [0.2, 0.25) is 0 Å². The summed E-state index contributed by atoms with van der Waals surface area (Å²) in [6.45, 7) is 19.7. The Morgan fingerprint density at radius 2 is 0.722 bits per heavy atom. The third kappa shape index (κ3) is 33.9. The molecule has 0 unspecified atom stereocenters. The van der Waals surface area contributed by atoms with Crippen LogP contribution < -0.4 is 11.1 Å². The van der Waals surface area contributed by atoms with Gasteiger partial charge in [0.1, 0.15) is 34.9 Å². The molecule has 2 saturated heterocycles. The zero-order valence-electron chi connectivity index (χ0n) is 43.4. The highest BCUT2D eigenvalue weighted by Crippen LogP contribution is 2.10. The summed E-state index contributed by atoms with van der Waals surface area (Å²) < 4.78 is 10.8. The minimum Gasteiger partial charge on any atom is -0.480 e. The molecule has 2 aliphatic rings. The van der Waals surface area contributed by atoms with Gasteiger partial charge in [-0.05, 0) is 55.4 Å². The van der Waals surface area contributed by atoms with Gasteiger partial charge < -0.3 is 46.1 Å². The van der Waals surface area contributed by atoms with Crippen LogP contribution in [0, 0.1) is 0 Å². The molecule has 0 aliphatic carbocycles. The summed E-state index contributed by atoms with van der Waals surface area (Å²) in [6, 6.07) is -2.35. The molecule has 0 aromatic rings. The van der Waals surface area contributed by atoms with Gasteiger partial charge in [0.2, 0.25) is 0 Å². The summed E-state index contributed by atoms with van der Waals surface area (Å²) in [7, 11) is 0. The quantitative estimate of drug-likeness (QED) is 0.0688. The van der Waals surface area contributed by atoms with Crippen LogP contribution >= 0.6 is 12.4 Å². The molecule has 416 valence electrons. The van der Waals surface area contributed by atoms with E-state index in [0.29, 0.717) is 105 Å². The molecule has 0 spiro atoms. The third-order valence-electron chi connectivity index (χ3n) is 10.8. The van der Waals surface area contributed by atoms with Gasteiger partial charge in [0, 0.05) is 118 Å². The number of carboxylic acids is 5. The monoisotopic (exact) mass is 1050 g/mol. The van der Waals surface area contributed by atoms with Gasteiger partial charge in [-0.2, -0.15) is 0 Å². The van der Waals surface area contributed by atoms with Crippen LogP contribution in [0.4, 0.5) is 4.79 Å². The summed E-state index contributed by atoms with van der Waals surface area (Å²) in [5, 5.41) is 48.8. The van der Waals surface area contributed by atoms with Gasteiger partial charge >= 0.3 is 41.9 Å². The number of halogens is 1. The van der Waals surface area contributed by atoms with E-state index in [0.717, 1.165) is 0 Å². The van der Waals surface area contributed by atoms with E-state index in [9.17, 15) is 48.3 Å². The van der Waals surface area contributed by atoms with Gasteiger partial charge in [-0.1, -0.05) is 0 Å². The van der Waals surface area contributed by atoms with Crippen molar-refractivity contribution in [2.45, 2.75) is 78.7 Å². The maximum atomic E-state index is 12.7. The van der Waals surface area contributed by atoms with Gasteiger partial charge in [-0.15, -0.1) is 12.4 Å². The summed E-state index contributed by atoms with van der Waals surface area (Å²) >= 11 is 0. The largest absolute Gasteiger partial charge is 0.480 e. The van der Waals surface area contributed by atoms with E-state index in [4.69, 9.17) is 35.6 Å². The zero-order valence-corrected chi connectivity index (χ0v) is 44.2. The molecule has 2 rings (SSSR count). The van der Waals surface area contributed by atoms with E-state index < -0.39 is 59.2 Å². The summed E-state index contributed by atoms with van der Waals surface area (Å²) in [6.07, 6.45) is -0.824. The molecule has 2 aliphatic heterocycles. The molecule has 2 heterocycles. The molecule has 1 amide bonds. The molecule has 0 aromatic carbocycles. The lowest BCUT2D eigenvalue weighted by molar-refractivity contribution is -0.156. The number of carboxylic acid groups (broad SMARTS) is 5. The molecule has 0 saturated carbocycles. The van der Waals surface area contributed by atoms with Crippen LogP contribution in [-0.2, 0) is 47.8 Å². The number of rotatable bonds is 19. The highest BCUT2D eigenvalue weighted by molar-refractivity contribution is 5.85.